The topological polar surface area (TPSA) is 88.3 Å². The molecule has 1 saturated heterocycles. The molecule has 0 spiro atoms. The summed E-state index contributed by atoms with van der Waals surface area (Å²) in [6.45, 7) is 2.56. The number of hydrogen-bond donors (Lipinski definition) is 1. The number of carbonyl (C=O) groups excluding carboxylic acids is 2. The van der Waals surface area contributed by atoms with E-state index < -0.39 is 0 Å². The summed E-state index contributed by atoms with van der Waals surface area (Å²) in [5, 5.41) is 12.0. The van der Waals surface area contributed by atoms with Crippen LogP contribution < -0.4 is 10.2 Å². The maximum atomic E-state index is 12.4. The standard InChI is InChI=1S/C18H16N4O3S/c1-11-4-2-5-13(8-11)22-10-12(9-15(22)23)17-20-21-18(26-17)19-16(24)14-6-3-7-25-14/h2-8,12H,9-10H2,1H3,(H,19,21,24)/t12-/m1/s1. The molecule has 1 aliphatic rings. The predicted molar refractivity (Wildman–Crippen MR) is 97.5 cm³/mol. The third kappa shape index (κ3) is 3.23. The summed E-state index contributed by atoms with van der Waals surface area (Å²) in [6, 6.07) is 11.1. The molecule has 0 unspecified atom stereocenters. The lowest BCUT2D eigenvalue weighted by atomic mass is 10.1. The highest BCUT2D eigenvalue weighted by Crippen LogP contribution is 2.34. The second kappa shape index (κ2) is 6.72. The summed E-state index contributed by atoms with van der Waals surface area (Å²) in [5.41, 5.74) is 2.01. The minimum absolute atomic E-state index is 0.0326. The molecular weight excluding hydrogens is 352 g/mol. The highest BCUT2D eigenvalue weighted by Gasteiger charge is 2.34. The number of rotatable bonds is 4. The summed E-state index contributed by atoms with van der Waals surface area (Å²) < 4.78 is 5.05. The third-order valence-corrected chi connectivity index (χ3v) is 5.19. The number of anilines is 2. The van der Waals surface area contributed by atoms with E-state index in [0.29, 0.717) is 18.1 Å². The predicted octanol–water partition coefficient (Wildman–Crippen LogP) is 3.21. The number of amides is 2. The van der Waals surface area contributed by atoms with Crippen molar-refractivity contribution in [3.63, 3.8) is 0 Å². The number of hydrogen-bond acceptors (Lipinski definition) is 6. The lowest BCUT2D eigenvalue weighted by molar-refractivity contribution is -0.117. The van der Waals surface area contributed by atoms with Gasteiger partial charge in [-0.3, -0.25) is 14.9 Å². The van der Waals surface area contributed by atoms with Crippen molar-refractivity contribution in [2.24, 2.45) is 0 Å². The SMILES string of the molecule is Cc1cccc(N2C[C@H](c3nnc(NC(=O)c4ccco4)s3)CC2=O)c1. The van der Waals surface area contributed by atoms with Crippen LogP contribution in [-0.2, 0) is 4.79 Å². The average Bonchev–Trinajstić information content (AvgIpc) is 3.35. The number of carbonyl (C=O) groups is 2. The Balaban J connectivity index is 1.46. The number of aryl methyl sites for hydroxylation is 1. The fraction of sp³-hybridized carbons (Fsp3) is 0.222. The maximum absolute atomic E-state index is 12.4. The van der Waals surface area contributed by atoms with Crippen molar-refractivity contribution in [3.05, 3.63) is 59.0 Å². The Kier molecular flexibility index (Phi) is 4.26. The smallest absolute Gasteiger partial charge is 0.293 e. The van der Waals surface area contributed by atoms with Crippen molar-refractivity contribution >= 4 is 34.0 Å². The summed E-state index contributed by atoms with van der Waals surface area (Å²) in [6.07, 6.45) is 1.82. The van der Waals surface area contributed by atoms with Crippen LogP contribution in [0.5, 0.6) is 0 Å². The van der Waals surface area contributed by atoms with Crippen molar-refractivity contribution in [3.8, 4) is 0 Å². The first-order chi connectivity index (χ1) is 12.6. The zero-order valence-electron chi connectivity index (χ0n) is 14.0. The number of aromatic nitrogens is 2. The van der Waals surface area contributed by atoms with E-state index in [9.17, 15) is 9.59 Å². The summed E-state index contributed by atoms with van der Waals surface area (Å²) in [4.78, 5) is 26.2. The largest absolute Gasteiger partial charge is 0.459 e. The molecule has 1 N–H and O–H groups in total. The Bertz CT molecular complexity index is 951. The number of furan rings is 1. The van der Waals surface area contributed by atoms with Gasteiger partial charge in [0, 0.05) is 24.6 Å². The lowest BCUT2D eigenvalue weighted by Gasteiger charge is -2.16. The van der Waals surface area contributed by atoms with Gasteiger partial charge in [0.15, 0.2) is 5.76 Å². The molecule has 7 nitrogen and oxygen atoms in total. The highest BCUT2D eigenvalue weighted by molar-refractivity contribution is 7.15. The van der Waals surface area contributed by atoms with Gasteiger partial charge >= 0.3 is 0 Å². The number of benzene rings is 1. The van der Waals surface area contributed by atoms with Crippen molar-refractivity contribution in [2.45, 2.75) is 19.3 Å². The summed E-state index contributed by atoms with van der Waals surface area (Å²) >= 11 is 1.28. The van der Waals surface area contributed by atoms with Crippen molar-refractivity contribution in [1.82, 2.24) is 10.2 Å². The van der Waals surface area contributed by atoms with Crippen molar-refractivity contribution < 1.29 is 14.0 Å². The van der Waals surface area contributed by atoms with E-state index in [1.54, 1.807) is 17.0 Å². The molecule has 132 valence electrons. The van der Waals surface area contributed by atoms with E-state index in [4.69, 9.17) is 4.42 Å². The summed E-state index contributed by atoms with van der Waals surface area (Å²) in [7, 11) is 0. The molecule has 0 aliphatic carbocycles. The molecule has 3 heterocycles. The molecule has 26 heavy (non-hydrogen) atoms. The monoisotopic (exact) mass is 368 g/mol. The Labute approximate surface area is 153 Å². The van der Waals surface area contributed by atoms with Gasteiger partial charge in [0.2, 0.25) is 11.0 Å². The highest BCUT2D eigenvalue weighted by atomic mass is 32.1. The molecule has 1 aliphatic heterocycles. The Morgan fingerprint density at radius 1 is 1.31 bits per heavy atom. The van der Waals surface area contributed by atoms with Gasteiger partial charge in [-0.25, -0.2) is 0 Å². The van der Waals surface area contributed by atoms with Gasteiger partial charge in [-0.05, 0) is 36.8 Å². The fourth-order valence-corrected chi connectivity index (χ4v) is 3.76. The van der Waals surface area contributed by atoms with E-state index in [2.05, 4.69) is 15.5 Å². The van der Waals surface area contributed by atoms with Crippen LogP contribution in [0.2, 0.25) is 0 Å². The lowest BCUT2D eigenvalue weighted by Crippen LogP contribution is -2.24. The van der Waals surface area contributed by atoms with Gasteiger partial charge in [-0.15, -0.1) is 10.2 Å². The van der Waals surface area contributed by atoms with Crippen molar-refractivity contribution in [2.75, 3.05) is 16.8 Å². The first-order valence-electron chi connectivity index (χ1n) is 8.15. The molecule has 1 fully saturated rings. The van der Waals surface area contributed by atoms with Gasteiger partial charge in [0.25, 0.3) is 5.91 Å². The molecule has 1 aromatic carbocycles. The second-order valence-corrected chi connectivity index (χ2v) is 7.13. The van der Waals surface area contributed by atoms with Gasteiger partial charge in [-0.1, -0.05) is 23.5 Å². The van der Waals surface area contributed by atoms with E-state index in [0.717, 1.165) is 16.3 Å². The Hall–Kier alpha value is -3.00. The minimum Gasteiger partial charge on any atom is -0.459 e. The molecule has 0 saturated carbocycles. The molecule has 2 amide bonds. The van der Waals surface area contributed by atoms with Gasteiger partial charge < -0.3 is 9.32 Å². The van der Waals surface area contributed by atoms with Crippen LogP contribution in [0.15, 0.2) is 47.1 Å². The van der Waals surface area contributed by atoms with Crippen LogP contribution in [0.3, 0.4) is 0 Å². The van der Waals surface area contributed by atoms with Gasteiger partial charge in [0.1, 0.15) is 5.01 Å². The number of nitrogens with zero attached hydrogens (tertiary/aromatic N) is 3. The summed E-state index contributed by atoms with van der Waals surface area (Å²) in [5.74, 6) is -0.128. The molecular formula is C18H16N4O3S. The maximum Gasteiger partial charge on any atom is 0.293 e. The van der Waals surface area contributed by atoms with E-state index >= 15 is 0 Å². The molecule has 0 bridgehead atoms. The first-order valence-corrected chi connectivity index (χ1v) is 8.97. The zero-order valence-corrected chi connectivity index (χ0v) is 14.8. The first kappa shape index (κ1) is 16.5. The molecule has 3 aromatic rings. The van der Waals surface area contributed by atoms with Gasteiger partial charge in [0.05, 0.1) is 6.26 Å². The fourth-order valence-electron chi connectivity index (χ4n) is 2.93. The molecule has 4 rings (SSSR count). The minimum atomic E-state index is -0.374. The third-order valence-electron chi connectivity index (χ3n) is 4.19. The quantitative estimate of drug-likeness (QED) is 0.764. The zero-order chi connectivity index (χ0) is 18.1. The van der Waals surface area contributed by atoms with Crippen LogP contribution in [0.4, 0.5) is 10.8 Å². The second-order valence-electron chi connectivity index (χ2n) is 6.12. The van der Waals surface area contributed by atoms with E-state index in [1.807, 2.05) is 31.2 Å². The Morgan fingerprint density at radius 3 is 2.96 bits per heavy atom. The van der Waals surface area contributed by atoms with Gasteiger partial charge in [-0.2, -0.15) is 0 Å². The molecule has 1 atom stereocenters. The average molecular weight is 368 g/mol. The van der Waals surface area contributed by atoms with Crippen LogP contribution >= 0.6 is 11.3 Å². The van der Waals surface area contributed by atoms with Crippen LogP contribution in [-0.4, -0.2) is 28.6 Å². The van der Waals surface area contributed by atoms with Crippen molar-refractivity contribution in [1.29, 1.82) is 0 Å². The molecule has 0 radical (unpaired) electrons. The molecule has 8 heteroatoms. The van der Waals surface area contributed by atoms with Crippen LogP contribution in [0, 0.1) is 6.92 Å². The normalized spacial score (nSPS) is 16.9. The molecule has 2 aromatic heterocycles. The van der Waals surface area contributed by atoms with Crippen LogP contribution in [0.25, 0.3) is 0 Å². The van der Waals surface area contributed by atoms with E-state index in [1.165, 1.54) is 17.6 Å². The number of nitrogens with one attached hydrogen (secondary N) is 1. The Morgan fingerprint density at radius 2 is 2.19 bits per heavy atom. The van der Waals surface area contributed by atoms with E-state index in [-0.39, 0.29) is 23.5 Å². The van der Waals surface area contributed by atoms with Crippen LogP contribution in [0.1, 0.15) is 33.5 Å².